The van der Waals surface area contributed by atoms with Gasteiger partial charge in [-0.05, 0) is 31.2 Å². The largest absolute Gasteiger partial charge is 0.425 e. The third-order valence-corrected chi connectivity index (χ3v) is 3.95. The van der Waals surface area contributed by atoms with E-state index in [1.54, 1.807) is 0 Å². The van der Waals surface area contributed by atoms with Crippen molar-refractivity contribution in [3.8, 4) is 17.4 Å². The van der Waals surface area contributed by atoms with E-state index in [1.165, 1.54) is 29.9 Å². The third-order valence-electron chi connectivity index (χ3n) is 3.95. The summed E-state index contributed by atoms with van der Waals surface area (Å²) < 4.78 is 21.0. The molecule has 4 rings (SSSR count). The molecule has 0 saturated heterocycles. The molecule has 0 fully saturated rings. The Morgan fingerprint density at radius 3 is 2.67 bits per heavy atom. The number of nitrogens with zero attached hydrogens (tertiary/aromatic N) is 3. The fourth-order valence-corrected chi connectivity index (χ4v) is 2.66. The predicted octanol–water partition coefficient (Wildman–Crippen LogP) is 3.24. The number of fused-ring (bicyclic) bond motifs is 1. The van der Waals surface area contributed by atoms with Gasteiger partial charge in [-0.2, -0.15) is 10.1 Å². The first-order valence-electron chi connectivity index (χ1n) is 8.05. The van der Waals surface area contributed by atoms with Crippen LogP contribution >= 0.6 is 0 Å². The number of aromatic nitrogens is 4. The SMILES string of the molecule is CC(=O)c1ccc(Oc2nc3c(cnn3-c3ccccc3)c(=O)[nH]2)cc1F. The Balaban J connectivity index is 1.76. The van der Waals surface area contributed by atoms with Crippen LogP contribution in [0.15, 0.2) is 59.5 Å². The van der Waals surface area contributed by atoms with Crippen LogP contribution < -0.4 is 10.3 Å². The summed E-state index contributed by atoms with van der Waals surface area (Å²) in [6.45, 7) is 1.27. The number of hydrogen-bond donors (Lipinski definition) is 1. The minimum Gasteiger partial charge on any atom is -0.425 e. The van der Waals surface area contributed by atoms with Crippen LogP contribution in [0.1, 0.15) is 17.3 Å². The van der Waals surface area contributed by atoms with Crippen molar-refractivity contribution < 1.29 is 13.9 Å². The van der Waals surface area contributed by atoms with Gasteiger partial charge in [0.15, 0.2) is 11.4 Å². The van der Waals surface area contributed by atoms with Crippen LogP contribution in [-0.4, -0.2) is 25.5 Å². The molecule has 8 heteroatoms. The Morgan fingerprint density at radius 1 is 1.19 bits per heavy atom. The lowest BCUT2D eigenvalue weighted by molar-refractivity contribution is 0.101. The number of Topliss-reactive ketones (excluding diaryl/α,β-unsaturated/α-hetero) is 1. The van der Waals surface area contributed by atoms with Gasteiger partial charge in [-0.25, -0.2) is 9.07 Å². The molecule has 27 heavy (non-hydrogen) atoms. The Bertz CT molecular complexity index is 1210. The summed E-state index contributed by atoms with van der Waals surface area (Å²) in [7, 11) is 0. The van der Waals surface area contributed by atoms with Gasteiger partial charge in [0.25, 0.3) is 5.56 Å². The third kappa shape index (κ3) is 3.08. The zero-order valence-corrected chi connectivity index (χ0v) is 14.1. The minimum atomic E-state index is -0.710. The predicted molar refractivity (Wildman–Crippen MR) is 96.0 cm³/mol. The zero-order valence-electron chi connectivity index (χ0n) is 14.1. The summed E-state index contributed by atoms with van der Waals surface area (Å²) in [5, 5.41) is 4.50. The lowest BCUT2D eigenvalue weighted by Crippen LogP contribution is -2.10. The second kappa shape index (κ2) is 6.49. The number of rotatable bonds is 4. The summed E-state index contributed by atoms with van der Waals surface area (Å²) >= 11 is 0. The molecule has 0 amide bonds. The second-order valence-corrected chi connectivity index (χ2v) is 5.80. The van der Waals surface area contributed by atoms with Crippen molar-refractivity contribution in [1.29, 1.82) is 0 Å². The van der Waals surface area contributed by atoms with E-state index >= 15 is 0 Å². The number of aromatic amines is 1. The molecule has 0 aliphatic carbocycles. The van der Waals surface area contributed by atoms with Crippen LogP contribution in [0.4, 0.5) is 4.39 Å². The van der Waals surface area contributed by atoms with Crippen LogP contribution in [0.5, 0.6) is 11.8 Å². The smallest absolute Gasteiger partial charge is 0.304 e. The zero-order chi connectivity index (χ0) is 19.0. The van der Waals surface area contributed by atoms with Gasteiger partial charge in [-0.1, -0.05) is 18.2 Å². The van der Waals surface area contributed by atoms with Crippen LogP contribution in [0.2, 0.25) is 0 Å². The maximum atomic E-state index is 14.0. The number of hydrogen-bond acceptors (Lipinski definition) is 5. The normalized spacial score (nSPS) is 10.9. The van der Waals surface area contributed by atoms with Gasteiger partial charge < -0.3 is 4.74 Å². The first-order valence-corrected chi connectivity index (χ1v) is 8.05. The molecule has 134 valence electrons. The molecule has 0 aliphatic rings. The van der Waals surface area contributed by atoms with E-state index in [2.05, 4.69) is 15.1 Å². The average Bonchev–Trinajstić information content (AvgIpc) is 3.07. The number of benzene rings is 2. The Hall–Kier alpha value is -3.81. The molecule has 0 saturated carbocycles. The molecule has 0 aliphatic heterocycles. The van der Waals surface area contributed by atoms with Gasteiger partial charge in [0.2, 0.25) is 0 Å². The van der Waals surface area contributed by atoms with Crippen molar-refractivity contribution in [2.45, 2.75) is 6.92 Å². The van der Waals surface area contributed by atoms with Crippen LogP contribution in [0, 0.1) is 5.82 Å². The number of nitrogens with one attached hydrogen (secondary N) is 1. The van der Waals surface area contributed by atoms with Crippen molar-refractivity contribution in [3.05, 3.63) is 76.5 Å². The number of carbonyl (C=O) groups excluding carboxylic acids is 1. The van der Waals surface area contributed by atoms with Gasteiger partial charge in [0.05, 0.1) is 17.4 Å². The molecule has 0 radical (unpaired) electrons. The minimum absolute atomic E-state index is 0.0404. The van der Waals surface area contributed by atoms with E-state index in [-0.39, 0.29) is 17.3 Å². The monoisotopic (exact) mass is 364 g/mol. The standard InChI is InChI=1S/C19H13FN4O3/c1-11(25)14-8-7-13(9-16(14)20)27-19-22-17-15(18(26)23-19)10-21-24(17)12-5-3-2-4-6-12/h2-10H,1H3,(H,22,23,26). The van der Waals surface area contributed by atoms with Crippen molar-refractivity contribution >= 4 is 16.8 Å². The maximum Gasteiger partial charge on any atom is 0.304 e. The first kappa shape index (κ1) is 16.6. The molecule has 1 N–H and O–H groups in total. The van der Waals surface area contributed by atoms with Crippen molar-refractivity contribution in [1.82, 2.24) is 19.7 Å². The molecular weight excluding hydrogens is 351 g/mol. The molecule has 0 bridgehead atoms. The number of ether oxygens (including phenoxy) is 1. The molecular formula is C19H13FN4O3. The molecule has 0 spiro atoms. The second-order valence-electron chi connectivity index (χ2n) is 5.80. The quantitative estimate of drug-likeness (QED) is 0.562. The van der Waals surface area contributed by atoms with E-state index in [1.807, 2.05) is 30.3 Å². The molecule has 0 unspecified atom stereocenters. The number of carbonyl (C=O) groups is 1. The van der Waals surface area contributed by atoms with Crippen LogP contribution in [0.3, 0.4) is 0 Å². The van der Waals surface area contributed by atoms with Gasteiger partial charge in [-0.3, -0.25) is 14.6 Å². The van der Waals surface area contributed by atoms with Gasteiger partial charge in [0, 0.05) is 6.07 Å². The lowest BCUT2D eigenvalue weighted by Gasteiger charge is -2.07. The van der Waals surface area contributed by atoms with E-state index in [4.69, 9.17) is 4.74 Å². The van der Waals surface area contributed by atoms with E-state index in [9.17, 15) is 14.0 Å². The van der Waals surface area contributed by atoms with Crippen molar-refractivity contribution in [3.63, 3.8) is 0 Å². The molecule has 2 aromatic heterocycles. The maximum absolute atomic E-state index is 14.0. The highest BCUT2D eigenvalue weighted by molar-refractivity contribution is 5.94. The highest BCUT2D eigenvalue weighted by atomic mass is 19.1. The van der Waals surface area contributed by atoms with Gasteiger partial charge in [-0.15, -0.1) is 0 Å². The molecule has 0 atom stereocenters. The topological polar surface area (TPSA) is 89.9 Å². The Kier molecular flexibility index (Phi) is 4.00. The summed E-state index contributed by atoms with van der Waals surface area (Å²) in [5.74, 6) is -0.998. The Labute approximate surface area is 152 Å². The summed E-state index contributed by atoms with van der Waals surface area (Å²) in [5.41, 5.74) is 0.564. The first-order chi connectivity index (χ1) is 13.0. The lowest BCUT2D eigenvalue weighted by atomic mass is 10.1. The number of H-pyrrole nitrogens is 1. The number of halogens is 1. The summed E-state index contributed by atoms with van der Waals surface area (Å²) in [6, 6.07) is 12.9. The van der Waals surface area contributed by atoms with E-state index in [0.717, 1.165) is 11.8 Å². The van der Waals surface area contributed by atoms with Gasteiger partial charge >= 0.3 is 6.01 Å². The summed E-state index contributed by atoms with van der Waals surface area (Å²) in [4.78, 5) is 30.4. The molecule has 2 heterocycles. The van der Waals surface area contributed by atoms with Crippen LogP contribution in [-0.2, 0) is 0 Å². The fourth-order valence-electron chi connectivity index (χ4n) is 2.66. The van der Waals surface area contributed by atoms with Gasteiger partial charge in [0.1, 0.15) is 17.0 Å². The summed E-state index contributed by atoms with van der Waals surface area (Å²) in [6.07, 6.45) is 1.42. The van der Waals surface area contributed by atoms with Crippen molar-refractivity contribution in [2.75, 3.05) is 0 Å². The van der Waals surface area contributed by atoms with E-state index in [0.29, 0.717) is 11.0 Å². The van der Waals surface area contributed by atoms with Crippen molar-refractivity contribution in [2.24, 2.45) is 0 Å². The number of ketones is 1. The molecule has 2 aromatic carbocycles. The van der Waals surface area contributed by atoms with Crippen LogP contribution in [0.25, 0.3) is 16.7 Å². The molecule has 7 nitrogen and oxygen atoms in total. The highest BCUT2D eigenvalue weighted by Gasteiger charge is 2.14. The van der Waals surface area contributed by atoms with E-state index < -0.39 is 17.2 Å². The molecule has 4 aromatic rings. The Morgan fingerprint density at radius 2 is 1.96 bits per heavy atom. The fraction of sp³-hybridized carbons (Fsp3) is 0.0526. The highest BCUT2D eigenvalue weighted by Crippen LogP contribution is 2.22. The number of para-hydroxylation sites is 1. The average molecular weight is 364 g/mol.